The van der Waals surface area contributed by atoms with Gasteiger partial charge in [0.1, 0.15) is 17.9 Å². The van der Waals surface area contributed by atoms with Gasteiger partial charge >= 0.3 is 0 Å². The number of carbonyl (C=O) groups excluding carboxylic acids is 3. The average Bonchev–Trinajstić information content (AvgIpc) is 3.33. The van der Waals surface area contributed by atoms with E-state index in [9.17, 15) is 14.4 Å². The Hall–Kier alpha value is -2.79. The fraction of sp³-hybridized carbons (Fsp3) is 0.375. The molecule has 29 heavy (non-hydrogen) atoms. The highest BCUT2D eigenvalue weighted by Gasteiger charge is 2.68. The molecule has 5 atom stereocenters. The predicted octanol–water partition coefficient (Wildman–Crippen LogP) is 1.72. The zero-order chi connectivity index (χ0) is 20.3. The van der Waals surface area contributed by atoms with Crippen LogP contribution in [0.2, 0.25) is 0 Å². The average molecular weight is 389 g/mol. The number of anilines is 1. The maximum Gasteiger partial charge on any atom is 0.244 e. The van der Waals surface area contributed by atoms with E-state index in [0.29, 0.717) is 11.3 Å². The Bertz CT molecular complexity index is 996. The summed E-state index contributed by atoms with van der Waals surface area (Å²) in [6, 6.07) is 14.6. The number of fused-ring (bicyclic) bond motifs is 3. The van der Waals surface area contributed by atoms with Gasteiger partial charge in [0.2, 0.25) is 17.6 Å². The maximum absolute atomic E-state index is 13.5. The fourth-order valence-electron chi connectivity index (χ4n) is 5.86. The number of imide groups is 1. The predicted molar refractivity (Wildman–Crippen MR) is 109 cm³/mol. The van der Waals surface area contributed by atoms with Crippen LogP contribution in [0, 0.1) is 25.7 Å². The lowest BCUT2D eigenvalue weighted by molar-refractivity contribution is -0.915. The van der Waals surface area contributed by atoms with Gasteiger partial charge in [-0.2, -0.15) is 0 Å². The normalized spacial score (nSPS) is 30.6. The van der Waals surface area contributed by atoms with Crippen molar-refractivity contribution in [3.05, 3.63) is 65.2 Å². The maximum atomic E-state index is 13.5. The number of amides is 2. The summed E-state index contributed by atoms with van der Waals surface area (Å²) in [7, 11) is 0. The number of nitrogens with zero attached hydrogens (tertiary/aromatic N) is 1. The van der Waals surface area contributed by atoms with Crippen molar-refractivity contribution in [3.8, 4) is 0 Å². The van der Waals surface area contributed by atoms with Crippen LogP contribution in [0.3, 0.4) is 0 Å². The summed E-state index contributed by atoms with van der Waals surface area (Å²) < 4.78 is 0. The number of quaternary nitrogens is 1. The molecule has 3 saturated heterocycles. The Labute approximate surface area is 170 Å². The van der Waals surface area contributed by atoms with E-state index < -0.39 is 17.9 Å². The minimum Gasteiger partial charge on any atom is -0.322 e. The van der Waals surface area contributed by atoms with Crippen molar-refractivity contribution >= 4 is 23.3 Å². The number of hydrogen-bond donors (Lipinski definition) is 1. The summed E-state index contributed by atoms with van der Waals surface area (Å²) in [5.74, 6) is -1.29. The first-order valence-corrected chi connectivity index (χ1v) is 10.4. The van der Waals surface area contributed by atoms with Gasteiger partial charge in [-0.25, -0.2) is 4.90 Å². The molecule has 0 aromatic heterocycles. The first kappa shape index (κ1) is 18.3. The molecule has 148 valence electrons. The van der Waals surface area contributed by atoms with Gasteiger partial charge in [0.05, 0.1) is 12.2 Å². The zero-order valence-electron chi connectivity index (χ0n) is 16.7. The number of aryl methyl sites for hydroxylation is 2. The lowest BCUT2D eigenvalue weighted by atomic mass is 9.85. The molecule has 0 spiro atoms. The van der Waals surface area contributed by atoms with E-state index in [0.717, 1.165) is 35.4 Å². The Morgan fingerprint density at radius 3 is 2.31 bits per heavy atom. The number of ketones is 1. The third-order valence-corrected chi connectivity index (χ3v) is 6.85. The summed E-state index contributed by atoms with van der Waals surface area (Å²) in [5, 5.41) is 0. The minimum atomic E-state index is -0.559. The number of benzene rings is 2. The van der Waals surface area contributed by atoms with Crippen LogP contribution in [0.15, 0.2) is 48.5 Å². The molecule has 0 saturated carbocycles. The Morgan fingerprint density at radius 1 is 0.966 bits per heavy atom. The summed E-state index contributed by atoms with van der Waals surface area (Å²) in [4.78, 5) is 42.9. The van der Waals surface area contributed by atoms with Gasteiger partial charge in [0.25, 0.3) is 0 Å². The number of nitrogens with one attached hydrogen (secondary N) is 1. The smallest absolute Gasteiger partial charge is 0.244 e. The third kappa shape index (κ3) is 2.68. The Balaban J connectivity index is 1.57. The first-order valence-electron chi connectivity index (χ1n) is 10.4. The molecule has 3 fully saturated rings. The molecule has 3 aliphatic rings. The summed E-state index contributed by atoms with van der Waals surface area (Å²) in [6.45, 7) is 4.78. The van der Waals surface area contributed by atoms with E-state index >= 15 is 0 Å². The van der Waals surface area contributed by atoms with Crippen LogP contribution in [0.25, 0.3) is 0 Å². The fourth-order valence-corrected chi connectivity index (χ4v) is 5.86. The Kier molecular flexibility index (Phi) is 4.17. The molecular weight excluding hydrogens is 364 g/mol. The monoisotopic (exact) mass is 389 g/mol. The molecule has 0 radical (unpaired) electrons. The van der Waals surface area contributed by atoms with Gasteiger partial charge in [-0.3, -0.25) is 14.4 Å². The zero-order valence-corrected chi connectivity index (χ0v) is 16.7. The Morgan fingerprint density at radius 2 is 1.62 bits per heavy atom. The van der Waals surface area contributed by atoms with Gasteiger partial charge in [-0.05, 0) is 37.1 Å². The van der Waals surface area contributed by atoms with Crippen LogP contribution in [0.4, 0.5) is 5.69 Å². The molecule has 0 bridgehead atoms. The van der Waals surface area contributed by atoms with E-state index in [1.54, 1.807) is 0 Å². The van der Waals surface area contributed by atoms with Gasteiger partial charge in [-0.15, -0.1) is 0 Å². The number of Topliss-reactive ketones (excluding diaryl/α,β-unsaturated/α-hetero) is 1. The van der Waals surface area contributed by atoms with Crippen LogP contribution in [-0.2, 0) is 9.59 Å². The van der Waals surface area contributed by atoms with Crippen molar-refractivity contribution in [1.29, 1.82) is 0 Å². The molecule has 5 rings (SSSR count). The largest absolute Gasteiger partial charge is 0.322 e. The lowest BCUT2D eigenvalue weighted by Crippen LogP contribution is -3.16. The molecule has 3 heterocycles. The molecule has 1 unspecified atom stereocenters. The van der Waals surface area contributed by atoms with Gasteiger partial charge < -0.3 is 4.90 Å². The second-order valence-corrected chi connectivity index (χ2v) is 8.69. The first-order chi connectivity index (χ1) is 14.0. The van der Waals surface area contributed by atoms with Crippen LogP contribution in [-0.4, -0.2) is 36.2 Å². The van der Waals surface area contributed by atoms with Crippen molar-refractivity contribution in [3.63, 3.8) is 0 Å². The van der Waals surface area contributed by atoms with Crippen molar-refractivity contribution in [2.75, 3.05) is 11.4 Å². The highest BCUT2D eigenvalue weighted by molar-refractivity contribution is 6.24. The van der Waals surface area contributed by atoms with E-state index in [4.69, 9.17) is 0 Å². The van der Waals surface area contributed by atoms with E-state index in [1.165, 1.54) is 4.90 Å². The molecule has 3 aliphatic heterocycles. The van der Waals surface area contributed by atoms with E-state index in [2.05, 4.69) is 0 Å². The quantitative estimate of drug-likeness (QED) is 0.642. The highest BCUT2D eigenvalue weighted by Crippen LogP contribution is 2.40. The van der Waals surface area contributed by atoms with Crippen LogP contribution in [0.5, 0.6) is 0 Å². The van der Waals surface area contributed by atoms with Crippen molar-refractivity contribution in [2.24, 2.45) is 11.8 Å². The molecule has 2 aromatic rings. The summed E-state index contributed by atoms with van der Waals surface area (Å²) in [5.41, 5.74) is 3.30. The number of carbonyl (C=O) groups is 3. The van der Waals surface area contributed by atoms with Gasteiger partial charge in [0.15, 0.2) is 6.04 Å². The molecule has 2 amide bonds. The number of hydrogen-bond acceptors (Lipinski definition) is 3. The van der Waals surface area contributed by atoms with Gasteiger partial charge in [-0.1, -0.05) is 36.4 Å². The SMILES string of the molecule is Cc1cc(C)cc(N2C(=O)[C@@H]3[C@@H](C2=O)[C@@H](C(=O)c2ccccc2)[NH+]2CCC[C@H]32)c1. The molecule has 5 nitrogen and oxygen atoms in total. The van der Waals surface area contributed by atoms with Crippen molar-refractivity contribution in [2.45, 2.75) is 38.8 Å². The van der Waals surface area contributed by atoms with Crippen molar-refractivity contribution in [1.82, 2.24) is 0 Å². The third-order valence-electron chi connectivity index (χ3n) is 6.85. The van der Waals surface area contributed by atoms with Crippen LogP contribution in [0.1, 0.15) is 34.3 Å². The second-order valence-electron chi connectivity index (χ2n) is 8.69. The van der Waals surface area contributed by atoms with Crippen LogP contribution < -0.4 is 9.80 Å². The van der Waals surface area contributed by atoms with Crippen molar-refractivity contribution < 1.29 is 19.3 Å². The second kappa shape index (κ2) is 6.63. The summed E-state index contributed by atoms with van der Waals surface area (Å²) in [6.07, 6.45) is 1.89. The van der Waals surface area contributed by atoms with Crippen LogP contribution >= 0.6 is 0 Å². The lowest BCUT2D eigenvalue weighted by Gasteiger charge is -2.25. The minimum absolute atomic E-state index is 0.0107. The molecule has 5 heteroatoms. The molecule has 0 aliphatic carbocycles. The molecule has 2 aromatic carbocycles. The molecule has 1 N–H and O–H groups in total. The standard InChI is InChI=1S/C24H24N2O3/c1-14-11-15(2)13-17(12-14)26-23(28)19-18-9-6-10-25(18)21(20(19)24(26)29)22(27)16-7-4-3-5-8-16/h3-5,7-8,11-13,18-21H,6,9-10H2,1-2H3/p+1/t18-,19+,20-,21+/m1/s1. The molecular formula is C24H25N2O3+. The van der Waals surface area contributed by atoms with E-state index in [1.807, 2.05) is 62.4 Å². The van der Waals surface area contributed by atoms with E-state index in [-0.39, 0.29) is 23.6 Å². The number of rotatable bonds is 3. The van der Waals surface area contributed by atoms with Gasteiger partial charge in [0, 0.05) is 18.4 Å². The summed E-state index contributed by atoms with van der Waals surface area (Å²) >= 11 is 0. The topological polar surface area (TPSA) is 58.9 Å². The highest BCUT2D eigenvalue weighted by atomic mass is 16.2.